The summed E-state index contributed by atoms with van der Waals surface area (Å²) in [5.41, 5.74) is 4.04. The van der Waals surface area contributed by atoms with E-state index in [-0.39, 0.29) is 5.91 Å². The van der Waals surface area contributed by atoms with Crippen molar-refractivity contribution in [3.8, 4) is 0 Å². The average molecular weight is 296 g/mol. The molecule has 0 spiro atoms. The first kappa shape index (κ1) is 13.8. The summed E-state index contributed by atoms with van der Waals surface area (Å²) in [5.74, 6) is -0.0579. The Hall–Kier alpha value is -1.59. The third kappa shape index (κ3) is 3.45. The predicted octanol–water partition coefficient (Wildman–Crippen LogP) is 3.11. The molecule has 0 saturated heterocycles. The Bertz CT molecular complexity index is 569. The van der Waals surface area contributed by atoms with Crippen LogP contribution in [0.2, 0.25) is 5.02 Å². The van der Waals surface area contributed by atoms with Gasteiger partial charge in [-0.2, -0.15) is 0 Å². The van der Waals surface area contributed by atoms with E-state index in [0.29, 0.717) is 17.1 Å². The monoisotopic (exact) mass is 295 g/mol. The van der Waals surface area contributed by atoms with Crippen LogP contribution >= 0.6 is 22.9 Å². The molecule has 0 aliphatic carbocycles. The van der Waals surface area contributed by atoms with Gasteiger partial charge in [0.25, 0.3) is 5.91 Å². The molecule has 0 bridgehead atoms. The van der Waals surface area contributed by atoms with Crippen molar-refractivity contribution in [3.63, 3.8) is 0 Å². The van der Waals surface area contributed by atoms with Crippen molar-refractivity contribution < 1.29 is 4.79 Å². The summed E-state index contributed by atoms with van der Waals surface area (Å²) < 4.78 is 0. The van der Waals surface area contributed by atoms with E-state index in [4.69, 9.17) is 11.6 Å². The molecule has 0 saturated carbocycles. The van der Waals surface area contributed by atoms with E-state index in [0.717, 1.165) is 11.4 Å². The van der Waals surface area contributed by atoms with Crippen LogP contribution in [-0.2, 0) is 6.54 Å². The molecule has 100 valence electrons. The smallest absolute Gasteiger partial charge is 0.255 e. The first-order valence-electron chi connectivity index (χ1n) is 5.70. The van der Waals surface area contributed by atoms with E-state index in [1.54, 1.807) is 49.1 Å². The lowest BCUT2D eigenvalue weighted by Crippen LogP contribution is -2.23. The maximum atomic E-state index is 12.1. The van der Waals surface area contributed by atoms with Crippen LogP contribution in [0.25, 0.3) is 0 Å². The normalized spacial score (nSPS) is 10.3. The fraction of sp³-hybridized carbons (Fsp3) is 0.231. The number of carbonyl (C=O) groups is 1. The number of anilines is 1. The Morgan fingerprint density at radius 1 is 1.47 bits per heavy atom. The first-order valence-corrected chi connectivity index (χ1v) is 7.02. The fourth-order valence-corrected chi connectivity index (χ4v) is 2.33. The minimum Gasteiger partial charge on any atom is -0.379 e. The second kappa shape index (κ2) is 6.04. The number of thiazole rings is 1. The lowest BCUT2D eigenvalue weighted by molar-refractivity contribution is 0.0828. The van der Waals surface area contributed by atoms with Crippen molar-refractivity contribution in [2.75, 3.05) is 19.4 Å². The highest BCUT2D eigenvalue weighted by Crippen LogP contribution is 2.22. The summed E-state index contributed by atoms with van der Waals surface area (Å²) in [4.78, 5) is 17.8. The number of carbonyl (C=O) groups excluding carboxylic acids is 1. The van der Waals surface area contributed by atoms with Crippen LogP contribution in [0.5, 0.6) is 0 Å². The minimum absolute atomic E-state index is 0.0579. The lowest BCUT2D eigenvalue weighted by Gasteiger charge is -2.15. The van der Waals surface area contributed by atoms with E-state index >= 15 is 0 Å². The second-order valence-electron chi connectivity index (χ2n) is 4.22. The van der Waals surface area contributed by atoms with Gasteiger partial charge in [-0.25, -0.2) is 4.98 Å². The lowest BCUT2D eigenvalue weighted by atomic mass is 10.1. The molecule has 1 amide bonds. The zero-order valence-corrected chi connectivity index (χ0v) is 12.3. The molecule has 0 atom stereocenters. The first-order chi connectivity index (χ1) is 9.08. The van der Waals surface area contributed by atoms with E-state index in [1.165, 1.54) is 4.90 Å². The van der Waals surface area contributed by atoms with Crippen LogP contribution in [-0.4, -0.2) is 29.9 Å². The molecule has 0 fully saturated rings. The van der Waals surface area contributed by atoms with Gasteiger partial charge in [0.2, 0.25) is 0 Å². The Balaban J connectivity index is 2.22. The van der Waals surface area contributed by atoms with Gasteiger partial charge in [0.1, 0.15) is 0 Å². The zero-order chi connectivity index (χ0) is 13.8. The van der Waals surface area contributed by atoms with Gasteiger partial charge in [0.15, 0.2) is 0 Å². The number of hydrogen-bond donors (Lipinski definition) is 1. The summed E-state index contributed by atoms with van der Waals surface area (Å²) >= 11 is 7.52. The Labute approximate surface area is 121 Å². The van der Waals surface area contributed by atoms with Crippen LogP contribution in [0.15, 0.2) is 29.1 Å². The maximum Gasteiger partial charge on any atom is 0.255 e. The molecular weight excluding hydrogens is 282 g/mol. The number of benzene rings is 1. The predicted molar refractivity (Wildman–Crippen MR) is 78.9 cm³/mol. The molecule has 0 radical (unpaired) electrons. The molecule has 1 aromatic carbocycles. The molecule has 19 heavy (non-hydrogen) atoms. The van der Waals surface area contributed by atoms with Gasteiger partial charge in [-0.3, -0.25) is 4.79 Å². The number of rotatable bonds is 4. The SMILES string of the molecule is CN(C)C(=O)c1ccc(Cl)cc1NCc1cscn1. The van der Waals surface area contributed by atoms with E-state index in [1.807, 2.05) is 5.38 Å². The topological polar surface area (TPSA) is 45.2 Å². The maximum absolute atomic E-state index is 12.1. The van der Waals surface area contributed by atoms with Gasteiger partial charge in [-0.05, 0) is 18.2 Å². The number of amides is 1. The summed E-state index contributed by atoms with van der Waals surface area (Å²) in [6, 6.07) is 5.20. The number of nitrogens with zero attached hydrogens (tertiary/aromatic N) is 2. The van der Waals surface area contributed by atoms with Gasteiger partial charge < -0.3 is 10.2 Å². The minimum atomic E-state index is -0.0579. The van der Waals surface area contributed by atoms with Crippen molar-refractivity contribution in [2.24, 2.45) is 0 Å². The summed E-state index contributed by atoms with van der Waals surface area (Å²) in [6.45, 7) is 0.567. The summed E-state index contributed by atoms with van der Waals surface area (Å²) in [7, 11) is 3.45. The zero-order valence-electron chi connectivity index (χ0n) is 10.7. The van der Waals surface area contributed by atoms with Crippen LogP contribution < -0.4 is 5.32 Å². The average Bonchev–Trinajstić information content (AvgIpc) is 2.88. The summed E-state index contributed by atoms with van der Waals surface area (Å²) in [6.07, 6.45) is 0. The molecule has 0 unspecified atom stereocenters. The number of aromatic nitrogens is 1. The van der Waals surface area contributed by atoms with Crippen LogP contribution in [0, 0.1) is 0 Å². The molecule has 0 aliphatic heterocycles. The molecule has 0 aliphatic rings. The van der Waals surface area contributed by atoms with Gasteiger partial charge >= 0.3 is 0 Å². The van der Waals surface area contributed by atoms with Crippen molar-refractivity contribution in [1.82, 2.24) is 9.88 Å². The number of nitrogens with one attached hydrogen (secondary N) is 1. The number of hydrogen-bond acceptors (Lipinski definition) is 4. The van der Waals surface area contributed by atoms with E-state index in [2.05, 4.69) is 10.3 Å². The molecule has 4 nitrogen and oxygen atoms in total. The molecule has 1 heterocycles. The van der Waals surface area contributed by atoms with E-state index < -0.39 is 0 Å². The Morgan fingerprint density at radius 3 is 2.89 bits per heavy atom. The van der Waals surface area contributed by atoms with E-state index in [9.17, 15) is 4.79 Å². The molecule has 1 N–H and O–H groups in total. The van der Waals surface area contributed by atoms with Crippen molar-refractivity contribution in [2.45, 2.75) is 6.54 Å². The molecule has 2 aromatic rings. The van der Waals surface area contributed by atoms with Gasteiger partial charge in [0.05, 0.1) is 23.3 Å². The summed E-state index contributed by atoms with van der Waals surface area (Å²) in [5, 5.41) is 5.76. The van der Waals surface area contributed by atoms with Crippen molar-refractivity contribution in [1.29, 1.82) is 0 Å². The Morgan fingerprint density at radius 2 is 2.26 bits per heavy atom. The largest absolute Gasteiger partial charge is 0.379 e. The molecular formula is C13H14ClN3OS. The third-order valence-electron chi connectivity index (χ3n) is 2.56. The Kier molecular flexibility index (Phi) is 4.39. The van der Waals surface area contributed by atoms with Crippen LogP contribution in [0.4, 0.5) is 5.69 Å². The molecule has 1 aromatic heterocycles. The third-order valence-corrected chi connectivity index (χ3v) is 3.43. The van der Waals surface area contributed by atoms with Crippen molar-refractivity contribution in [3.05, 3.63) is 45.4 Å². The molecule has 2 rings (SSSR count). The highest BCUT2D eigenvalue weighted by atomic mass is 35.5. The fourth-order valence-electron chi connectivity index (χ4n) is 1.60. The van der Waals surface area contributed by atoms with Gasteiger partial charge in [0, 0.05) is 30.2 Å². The highest BCUT2D eigenvalue weighted by Gasteiger charge is 2.13. The van der Waals surface area contributed by atoms with Crippen molar-refractivity contribution >= 4 is 34.5 Å². The second-order valence-corrected chi connectivity index (χ2v) is 5.38. The number of halogens is 1. The van der Waals surface area contributed by atoms with Crippen LogP contribution in [0.3, 0.4) is 0 Å². The molecule has 6 heteroatoms. The van der Waals surface area contributed by atoms with Gasteiger partial charge in [-0.15, -0.1) is 11.3 Å². The standard InChI is InChI=1S/C13H14ClN3OS/c1-17(2)13(18)11-4-3-9(14)5-12(11)15-6-10-7-19-8-16-10/h3-5,7-8,15H,6H2,1-2H3. The van der Waals surface area contributed by atoms with Gasteiger partial charge in [-0.1, -0.05) is 11.6 Å². The van der Waals surface area contributed by atoms with Crippen LogP contribution in [0.1, 0.15) is 16.1 Å². The highest BCUT2D eigenvalue weighted by molar-refractivity contribution is 7.07. The quantitative estimate of drug-likeness (QED) is 0.942.